The average Bonchev–Trinajstić information content (AvgIpc) is 3.02. The molecule has 0 aliphatic carbocycles. The quantitative estimate of drug-likeness (QED) is 0.687. The molecule has 122 valence electrons. The molecule has 0 saturated carbocycles. The summed E-state index contributed by atoms with van der Waals surface area (Å²) in [6, 6.07) is 17.3. The van der Waals surface area contributed by atoms with Gasteiger partial charge in [-0.3, -0.25) is 4.79 Å². The fourth-order valence-electron chi connectivity index (χ4n) is 2.15. The minimum Gasteiger partial charge on any atom is -0.352 e. The van der Waals surface area contributed by atoms with Crippen LogP contribution in [0.1, 0.15) is 11.3 Å². The molecule has 0 aliphatic rings. The van der Waals surface area contributed by atoms with Crippen molar-refractivity contribution in [1.82, 2.24) is 10.3 Å². The van der Waals surface area contributed by atoms with E-state index in [2.05, 4.69) is 15.6 Å². The second kappa shape index (κ2) is 7.95. The van der Waals surface area contributed by atoms with Crippen molar-refractivity contribution in [2.75, 3.05) is 5.32 Å². The highest BCUT2D eigenvalue weighted by Crippen LogP contribution is 2.21. The zero-order chi connectivity index (χ0) is 16.8. The van der Waals surface area contributed by atoms with E-state index >= 15 is 0 Å². The molecule has 24 heavy (non-hydrogen) atoms. The first-order chi connectivity index (χ1) is 11.7. The standard InChI is InChI=1S/C18H16ClN3OS/c19-16-9-5-4-6-13(16)11-20-17(23)10-15-12-24-18(22-15)21-14-7-2-1-3-8-14/h1-9,12H,10-11H2,(H,20,23)(H,21,22). The van der Waals surface area contributed by atoms with Crippen molar-refractivity contribution in [1.29, 1.82) is 0 Å². The number of nitrogens with one attached hydrogen (secondary N) is 2. The Bertz CT molecular complexity index is 820. The Morgan fingerprint density at radius 2 is 1.83 bits per heavy atom. The second-order valence-corrected chi connectivity index (χ2v) is 6.45. The van der Waals surface area contributed by atoms with Crippen LogP contribution in [-0.4, -0.2) is 10.9 Å². The van der Waals surface area contributed by atoms with Crippen LogP contribution in [0.3, 0.4) is 0 Å². The summed E-state index contributed by atoms with van der Waals surface area (Å²) in [7, 11) is 0. The van der Waals surface area contributed by atoms with Crippen molar-refractivity contribution in [2.45, 2.75) is 13.0 Å². The Balaban J connectivity index is 1.53. The van der Waals surface area contributed by atoms with E-state index in [0.29, 0.717) is 11.6 Å². The number of anilines is 2. The number of aromatic nitrogens is 1. The van der Waals surface area contributed by atoms with Crippen molar-refractivity contribution >= 4 is 39.7 Å². The summed E-state index contributed by atoms with van der Waals surface area (Å²) < 4.78 is 0. The van der Waals surface area contributed by atoms with E-state index in [4.69, 9.17) is 11.6 Å². The van der Waals surface area contributed by atoms with Crippen molar-refractivity contribution < 1.29 is 4.79 Å². The number of hydrogen-bond donors (Lipinski definition) is 2. The number of hydrogen-bond acceptors (Lipinski definition) is 4. The third-order valence-electron chi connectivity index (χ3n) is 3.35. The average molecular weight is 358 g/mol. The summed E-state index contributed by atoms with van der Waals surface area (Å²) in [6.07, 6.45) is 0.247. The van der Waals surface area contributed by atoms with Crippen molar-refractivity contribution in [3.63, 3.8) is 0 Å². The third-order valence-corrected chi connectivity index (χ3v) is 4.53. The van der Waals surface area contributed by atoms with E-state index in [1.165, 1.54) is 11.3 Å². The smallest absolute Gasteiger partial charge is 0.226 e. The maximum Gasteiger partial charge on any atom is 0.226 e. The van der Waals surface area contributed by atoms with E-state index < -0.39 is 0 Å². The van der Waals surface area contributed by atoms with Crippen LogP contribution in [0.15, 0.2) is 60.0 Å². The van der Waals surface area contributed by atoms with Gasteiger partial charge >= 0.3 is 0 Å². The lowest BCUT2D eigenvalue weighted by atomic mass is 10.2. The van der Waals surface area contributed by atoms with Gasteiger partial charge in [0.25, 0.3) is 0 Å². The van der Waals surface area contributed by atoms with Crippen LogP contribution < -0.4 is 10.6 Å². The monoisotopic (exact) mass is 357 g/mol. The Morgan fingerprint density at radius 1 is 1.08 bits per heavy atom. The topological polar surface area (TPSA) is 54.0 Å². The molecule has 4 nitrogen and oxygen atoms in total. The van der Waals surface area contributed by atoms with Crippen LogP contribution in [0.4, 0.5) is 10.8 Å². The Hall–Kier alpha value is -2.37. The van der Waals surface area contributed by atoms with Gasteiger partial charge in [0.15, 0.2) is 5.13 Å². The minimum atomic E-state index is -0.0773. The highest BCUT2D eigenvalue weighted by Gasteiger charge is 2.08. The summed E-state index contributed by atoms with van der Waals surface area (Å²) in [4.78, 5) is 16.5. The molecular formula is C18H16ClN3OS. The molecule has 6 heteroatoms. The predicted octanol–water partition coefficient (Wildman–Crippen LogP) is 4.40. The number of rotatable bonds is 6. The predicted molar refractivity (Wildman–Crippen MR) is 98.8 cm³/mol. The lowest BCUT2D eigenvalue weighted by Gasteiger charge is -2.06. The van der Waals surface area contributed by atoms with Crippen LogP contribution in [0.5, 0.6) is 0 Å². The second-order valence-electron chi connectivity index (χ2n) is 5.18. The number of carbonyl (C=O) groups is 1. The van der Waals surface area contributed by atoms with Gasteiger partial charge in [-0.15, -0.1) is 11.3 Å². The number of nitrogens with zero attached hydrogens (tertiary/aromatic N) is 1. The highest BCUT2D eigenvalue weighted by atomic mass is 35.5. The summed E-state index contributed by atoms with van der Waals surface area (Å²) in [6.45, 7) is 0.414. The first kappa shape index (κ1) is 16.5. The molecule has 0 unspecified atom stereocenters. The molecule has 3 rings (SSSR count). The number of para-hydroxylation sites is 1. The fraction of sp³-hybridized carbons (Fsp3) is 0.111. The maximum absolute atomic E-state index is 12.1. The van der Waals surface area contributed by atoms with Gasteiger partial charge in [0, 0.05) is 22.6 Å². The minimum absolute atomic E-state index is 0.0773. The fourth-order valence-corrected chi connectivity index (χ4v) is 3.09. The number of thiazole rings is 1. The molecule has 0 spiro atoms. The zero-order valence-electron chi connectivity index (χ0n) is 12.8. The van der Waals surface area contributed by atoms with E-state index in [1.807, 2.05) is 60.0 Å². The summed E-state index contributed by atoms with van der Waals surface area (Å²) in [5.41, 5.74) is 2.62. The van der Waals surface area contributed by atoms with Gasteiger partial charge in [-0.2, -0.15) is 0 Å². The van der Waals surface area contributed by atoms with Gasteiger partial charge in [-0.1, -0.05) is 48.0 Å². The first-order valence-electron chi connectivity index (χ1n) is 7.47. The van der Waals surface area contributed by atoms with E-state index in [9.17, 15) is 4.79 Å². The van der Waals surface area contributed by atoms with Crippen molar-refractivity contribution in [3.05, 3.63) is 76.3 Å². The summed E-state index contributed by atoms with van der Waals surface area (Å²) >= 11 is 7.56. The van der Waals surface area contributed by atoms with Gasteiger partial charge in [0.2, 0.25) is 5.91 Å². The lowest BCUT2D eigenvalue weighted by molar-refractivity contribution is -0.120. The molecule has 0 fully saturated rings. The first-order valence-corrected chi connectivity index (χ1v) is 8.73. The van der Waals surface area contributed by atoms with Crippen molar-refractivity contribution in [2.24, 2.45) is 0 Å². The number of benzene rings is 2. The summed E-state index contributed by atoms with van der Waals surface area (Å²) in [5.74, 6) is -0.0773. The van der Waals surface area contributed by atoms with Gasteiger partial charge in [0.05, 0.1) is 12.1 Å². The zero-order valence-corrected chi connectivity index (χ0v) is 14.4. The molecule has 1 heterocycles. The molecule has 1 aromatic heterocycles. The molecule has 0 saturated heterocycles. The lowest BCUT2D eigenvalue weighted by Crippen LogP contribution is -2.24. The molecule has 0 aliphatic heterocycles. The van der Waals surface area contributed by atoms with Crippen LogP contribution in [0, 0.1) is 0 Å². The van der Waals surface area contributed by atoms with Crippen molar-refractivity contribution in [3.8, 4) is 0 Å². The molecule has 0 bridgehead atoms. The normalized spacial score (nSPS) is 10.4. The number of carbonyl (C=O) groups excluding carboxylic acids is 1. The SMILES string of the molecule is O=C(Cc1csc(Nc2ccccc2)n1)NCc1ccccc1Cl. The van der Waals surface area contributed by atoms with E-state index in [0.717, 1.165) is 22.1 Å². The molecule has 0 atom stereocenters. The summed E-state index contributed by atoms with van der Waals surface area (Å²) in [5, 5.41) is 9.41. The van der Waals surface area contributed by atoms with E-state index in [1.54, 1.807) is 0 Å². The van der Waals surface area contributed by atoms with Crippen LogP contribution >= 0.6 is 22.9 Å². The Labute approximate surface area is 149 Å². The maximum atomic E-state index is 12.1. The number of amides is 1. The highest BCUT2D eigenvalue weighted by molar-refractivity contribution is 7.13. The molecule has 1 amide bonds. The van der Waals surface area contributed by atoms with Crippen LogP contribution in [-0.2, 0) is 17.8 Å². The molecule has 2 aromatic carbocycles. The van der Waals surface area contributed by atoms with Gasteiger partial charge in [0.1, 0.15) is 0 Å². The van der Waals surface area contributed by atoms with E-state index in [-0.39, 0.29) is 12.3 Å². The van der Waals surface area contributed by atoms with Crippen LogP contribution in [0.2, 0.25) is 5.02 Å². The largest absolute Gasteiger partial charge is 0.352 e. The molecular weight excluding hydrogens is 342 g/mol. The number of halogens is 1. The molecule has 3 aromatic rings. The van der Waals surface area contributed by atoms with Gasteiger partial charge in [-0.05, 0) is 23.8 Å². The van der Waals surface area contributed by atoms with Gasteiger partial charge in [-0.25, -0.2) is 4.98 Å². The molecule has 0 radical (unpaired) electrons. The van der Waals surface area contributed by atoms with Gasteiger partial charge < -0.3 is 10.6 Å². The Kier molecular flexibility index (Phi) is 5.46. The third kappa shape index (κ3) is 4.57. The molecule has 2 N–H and O–H groups in total. The van der Waals surface area contributed by atoms with Crippen LogP contribution in [0.25, 0.3) is 0 Å². The Morgan fingerprint density at radius 3 is 2.62 bits per heavy atom.